The molecule has 5 rings (SSSR count). The summed E-state index contributed by atoms with van der Waals surface area (Å²) in [5.74, 6) is 0.148. The van der Waals surface area contributed by atoms with Gasteiger partial charge in [0.25, 0.3) is 0 Å². The van der Waals surface area contributed by atoms with Crippen LogP contribution in [0.25, 0.3) is 33.5 Å². The number of rotatable bonds is 5. The van der Waals surface area contributed by atoms with Crippen LogP contribution >= 0.6 is 0 Å². The molecule has 3 atom stereocenters. The Labute approximate surface area is 172 Å². The maximum atomic E-state index is 13.7. The topological polar surface area (TPSA) is 104 Å². The zero-order chi connectivity index (χ0) is 20.7. The van der Waals surface area contributed by atoms with Crippen molar-refractivity contribution in [2.45, 2.75) is 44.1 Å². The summed E-state index contributed by atoms with van der Waals surface area (Å²) >= 11 is 0. The van der Waals surface area contributed by atoms with Gasteiger partial charge in [-0.15, -0.1) is 0 Å². The number of pyridine rings is 1. The van der Waals surface area contributed by atoms with E-state index in [0.29, 0.717) is 16.9 Å². The number of nitrogens with zero attached hydrogens (tertiary/aromatic N) is 4. The molecule has 1 aliphatic carbocycles. The molecule has 4 N–H and O–H groups in total. The lowest BCUT2D eigenvalue weighted by atomic mass is 9.91. The fraction of sp³-hybridized carbons (Fsp3) is 0.381. The largest absolute Gasteiger partial charge is 0.365 e. The fourth-order valence-electron chi connectivity index (χ4n) is 4.40. The number of aromatic nitrogens is 5. The van der Waals surface area contributed by atoms with E-state index in [2.05, 4.69) is 36.3 Å². The predicted octanol–water partition coefficient (Wildman–Crippen LogP) is 2.68. The summed E-state index contributed by atoms with van der Waals surface area (Å²) in [5, 5.41) is 17.5. The van der Waals surface area contributed by atoms with Crippen LogP contribution in [-0.4, -0.2) is 49.1 Å². The number of nitrogens with one attached hydrogen (secondary N) is 3. The predicted molar refractivity (Wildman–Crippen MR) is 112 cm³/mol. The lowest BCUT2D eigenvalue weighted by Gasteiger charge is -2.32. The minimum absolute atomic E-state index is 0.229. The third kappa shape index (κ3) is 3.45. The van der Waals surface area contributed by atoms with E-state index >= 15 is 0 Å². The first-order valence-electron chi connectivity index (χ1n) is 10.2. The average Bonchev–Trinajstić information content (AvgIpc) is 3.37. The number of halogens is 1. The molecule has 30 heavy (non-hydrogen) atoms. The van der Waals surface area contributed by atoms with E-state index in [1.807, 2.05) is 12.3 Å². The molecule has 0 saturated heterocycles. The number of fused-ring (bicyclic) bond motifs is 2. The van der Waals surface area contributed by atoms with Crippen molar-refractivity contribution in [1.82, 2.24) is 35.1 Å². The van der Waals surface area contributed by atoms with E-state index in [0.717, 1.165) is 42.3 Å². The molecule has 4 aromatic rings. The second kappa shape index (κ2) is 7.75. The Morgan fingerprint density at radius 3 is 3.07 bits per heavy atom. The van der Waals surface area contributed by atoms with E-state index in [1.165, 1.54) is 12.3 Å². The number of aliphatic hydroxyl groups is 1. The van der Waals surface area contributed by atoms with Gasteiger partial charge in [-0.1, -0.05) is 0 Å². The Bertz CT molecular complexity index is 1190. The molecule has 0 aromatic carbocycles. The van der Waals surface area contributed by atoms with Gasteiger partial charge in [0.05, 0.1) is 6.20 Å². The lowest BCUT2D eigenvalue weighted by molar-refractivity contribution is 0.0838. The Balaban J connectivity index is 1.49. The number of H-pyrrole nitrogens is 1. The standard InChI is InChI=1S/C21H24FN7O/c1-23-21(30)27-14-3-2-4-15(8-14)29-6-5-12-9-24-19(28-20(12)29)17-11-26-18-16(17)7-13(22)10-25-18/h5-7,9-11,14-15,21,23,27,30H,2-4,8H2,1H3,(H,25,26)/t14-,15-,21?/m1/s1. The van der Waals surface area contributed by atoms with Gasteiger partial charge >= 0.3 is 0 Å². The molecule has 8 nitrogen and oxygen atoms in total. The third-order valence-electron chi connectivity index (χ3n) is 5.90. The molecular weight excluding hydrogens is 385 g/mol. The summed E-state index contributed by atoms with van der Waals surface area (Å²) in [5.41, 5.74) is 2.19. The van der Waals surface area contributed by atoms with Crippen molar-refractivity contribution in [3.8, 4) is 11.4 Å². The smallest absolute Gasteiger partial charge is 0.163 e. The molecule has 1 unspecified atom stereocenters. The van der Waals surface area contributed by atoms with Crippen LogP contribution in [0.5, 0.6) is 0 Å². The minimum Gasteiger partial charge on any atom is -0.365 e. The number of aromatic amines is 1. The quantitative estimate of drug-likeness (QED) is 0.378. The monoisotopic (exact) mass is 409 g/mol. The molecule has 0 bridgehead atoms. The molecule has 0 radical (unpaired) electrons. The number of aliphatic hydroxyl groups excluding tert-OH is 1. The van der Waals surface area contributed by atoms with Crippen molar-refractivity contribution < 1.29 is 9.50 Å². The van der Waals surface area contributed by atoms with Crippen molar-refractivity contribution in [3.63, 3.8) is 0 Å². The summed E-state index contributed by atoms with van der Waals surface area (Å²) in [6.07, 6.45) is 10.2. The molecule has 4 heterocycles. The molecule has 4 aromatic heterocycles. The van der Waals surface area contributed by atoms with Gasteiger partial charge in [0.15, 0.2) is 12.2 Å². The molecule has 0 amide bonds. The highest BCUT2D eigenvalue weighted by molar-refractivity contribution is 5.92. The second-order valence-corrected chi connectivity index (χ2v) is 7.82. The lowest BCUT2D eigenvalue weighted by Crippen LogP contribution is -2.47. The SMILES string of the molecule is CNC(O)N[C@@H]1CCC[C@@H](n2ccc3cnc(-c4c[nH]c5ncc(F)cc45)nc32)C1. The molecule has 1 saturated carbocycles. The Morgan fingerprint density at radius 1 is 1.30 bits per heavy atom. The highest BCUT2D eigenvalue weighted by Gasteiger charge is 2.25. The zero-order valence-electron chi connectivity index (χ0n) is 16.6. The minimum atomic E-state index is -0.708. The summed E-state index contributed by atoms with van der Waals surface area (Å²) in [7, 11) is 1.72. The van der Waals surface area contributed by atoms with Gasteiger partial charge in [-0.25, -0.2) is 19.3 Å². The Hall–Kier alpha value is -2.88. The molecule has 1 aliphatic rings. The maximum absolute atomic E-state index is 13.7. The van der Waals surface area contributed by atoms with E-state index in [-0.39, 0.29) is 12.1 Å². The normalized spacial score (nSPS) is 20.8. The van der Waals surface area contributed by atoms with Crippen molar-refractivity contribution in [3.05, 3.63) is 42.7 Å². The Morgan fingerprint density at radius 2 is 2.20 bits per heavy atom. The van der Waals surface area contributed by atoms with Crippen LogP contribution < -0.4 is 10.6 Å². The number of hydrogen-bond acceptors (Lipinski definition) is 6. The first kappa shape index (κ1) is 19.1. The van der Waals surface area contributed by atoms with Gasteiger partial charge in [-0.05, 0) is 44.9 Å². The Kier molecular flexibility index (Phi) is 4.93. The van der Waals surface area contributed by atoms with Gasteiger partial charge in [-0.3, -0.25) is 10.6 Å². The molecule has 0 spiro atoms. The first-order chi connectivity index (χ1) is 14.6. The van der Waals surface area contributed by atoms with E-state index in [9.17, 15) is 9.50 Å². The maximum Gasteiger partial charge on any atom is 0.163 e. The molecule has 1 fully saturated rings. The first-order valence-corrected chi connectivity index (χ1v) is 10.2. The van der Waals surface area contributed by atoms with Gasteiger partial charge in [0, 0.05) is 47.0 Å². The van der Waals surface area contributed by atoms with E-state index < -0.39 is 12.2 Å². The highest BCUT2D eigenvalue weighted by Crippen LogP contribution is 2.33. The van der Waals surface area contributed by atoms with Crippen molar-refractivity contribution in [1.29, 1.82) is 0 Å². The van der Waals surface area contributed by atoms with Crippen LogP contribution in [0.4, 0.5) is 4.39 Å². The average molecular weight is 409 g/mol. The van der Waals surface area contributed by atoms with Crippen LogP contribution in [0.15, 0.2) is 36.9 Å². The molecule has 9 heteroatoms. The third-order valence-corrected chi connectivity index (χ3v) is 5.90. The summed E-state index contributed by atoms with van der Waals surface area (Å²) in [6.45, 7) is 0. The highest BCUT2D eigenvalue weighted by atomic mass is 19.1. The van der Waals surface area contributed by atoms with Crippen LogP contribution in [0.1, 0.15) is 31.7 Å². The molecule has 0 aliphatic heterocycles. The van der Waals surface area contributed by atoms with E-state index in [1.54, 1.807) is 13.2 Å². The zero-order valence-corrected chi connectivity index (χ0v) is 16.6. The molecule has 156 valence electrons. The van der Waals surface area contributed by atoms with Crippen LogP contribution in [-0.2, 0) is 0 Å². The van der Waals surface area contributed by atoms with Gasteiger partial charge in [0.1, 0.15) is 17.1 Å². The van der Waals surface area contributed by atoms with Crippen molar-refractivity contribution in [2.75, 3.05) is 7.05 Å². The number of hydrogen-bond donors (Lipinski definition) is 4. The summed E-state index contributed by atoms with van der Waals surface area (Å²) in [6, 6.07) is 3.98. The van der Waals surface area contributed by atoms with Crippen molar-refractivity contribution >= 4 is 22.1 Å². The van der Waals surface area contributed by atoms with Crippen molar-refractivity contribution in [2.24, 2.45) is 0 Å². The summed E-state index contributed by atoms with van der Waals surface area (Å²) in [4.78, 5) is 16.5. The molecular formula is C21H24FN7O. The van der Waals surface area contributed by atoms with Crippen LogP contribution in [0.2, 0.25) is 0 Å². The fourth-order valence-corrected chi connectivity index (χ4v) is 4.40. The summed E-state index contributed by atoms with van der Waals surface area (Å²) < 4.78 is 15.9. The van der Waals surface area contributed by atoms with Crippen LogP contribution in [0, 0.1) is 5.82 Å². The van der Waals surface area contributed by atoms with E-state index in [4.69, 9.17) is 4.98 Å². The van der Waals surface area contributed by atoms with Crippen LogP contribution in [0.3, 0.4) is 0 Å². The van der Waals surface area contributed by atoms with Gasteiger partial charge in [0.2, 0.25) is 0 Å². The van der Waals surface area contributed by atoms with Gasteiger partial charge in [-0.2, -0.15) is 0 Å². The second-order valence-electron chi connectivity index (χ2n) is 7.82. The van der Waals surface area contributed by atoms with Gasteiger partial charge < -0.3 is 14.7 Å².